The molecule has 3 N–H and O–H groups in total. The molecule has 1 aliphatic heterocycles. The van der Waals surface area contributed by atoms with Gasteiger partial charge in [-0.05, 0) is 32.3 Å². The molecular formula is C15H24Cl2FN3O2. The van der Waals surface area contributed by atoms with E-state index in [4.69, 9.17) is 0 Å². The summed E-state index contributed by atoms with van der Waals surface area (Å²) in [4.78, 5) is 14.9. The molecule has 1 saturated heterocycles. The smallest absolute Gasteiger partial charge is 0.220 e. The first-order valence-corrected chi connectivity index (χ1v) is 7.16. The Morgan fingerprint density at radius 3 is 2.74 bits per heavy atom. The van der Waals surface area contributed by atoms with Gasteiger partial charge in [-0.15, -0.1) is 24.8 Å². The zero-order valence-electron chi connectivity index (χ0n) is 13.2. The standard InChI is InChI=1S/C15H22FN3O2.2ClH/c1-15(2,5-10-3-14(21)18-6-10)19-9-13(20)11-4-12(16)8-17-7-11;;/h4,7-8,10,13,19-20H,3,5-6,9H2,1-2H3,(H,18,21);2*1H/t10-,13+;;/m1../s1. The number of aliphatic hydroxyl groups is 1. The van der Waals surface area contributed by atoms with Crippen molar-refractivity contribution < 1.29 is 14.3 Å². The van der Waals surface area contributed by atoms with Crippen molar-refractivity contribution in [2.75, 3.05) is 13.1 Å². The van der Waals surface area contributed by atoms with E-state index in [0.717, 1.165) is 12.6 Å². The number of carbonyl (C=O) groups excluding carboxylic acids is 1. The molecule has 0 aliphatic carbocycles. The SMILES string of the molecule is CC(C)(C[C@@H]1CNC(=O)C1)NC[C@H](O)c1cncc(F)c1.Cl.Cl. The second kappa shape index (κ2) is 9.37. The number of amides is 1. The number of halogens is 3. The number of rotatable bonds is 6. The Hall–Kier alpha value is -0.950. The fourth-order valence-corrected chi connectivity index (χ4v) is 2.70. The predicted octanol–water partition coefficient (Wildman–Crippen LogP) is 1.99. The van der Waals surface area contributed by atoms with Crippen LogP contribution < -0.4 is 10.6 Å². The molecule has 0 aromatic carbocycles. The Kier molecular flexibility index (Phi) is 8.98. The van der Waals surface area contributed by atoms with Crippen LogP contribution in [0.15, 0.2) is 18.5 Å². The molecule has 0 unspecified atom stereocenters. The molecule has 0 spiro atoms. The minimum absolute atomic E-state index is 0. The van der Waals surface area contributed by atoms with Crippen molar-refractivity contribution in [3.05, 3.63) is 29.8 Å². The molecule has 132 valence electrons. The maximum Gasteiger partial charge on any atom is 0.220 e. The van der Waals surface area contributed by atoms with Crippen molar-refractivity contribution in [1.29, 1.82) is 0 Å². The largest absolute Gasteiger partial charge is 0.387 e. The van der Waals surface area contributed by atoms with Crippen LogP contribution in [0, 0.1) is 11.7 Å². The quantitative estimate of drug-likeness (QED) is 0.718. The molecule has 23 heavy (non-hydrogen) atoms. The van der Waals surface area contributed by atoms with Crippen LogP contribution in [0.1, 0.15) is 38.4 Å². The summed E-state index contributed by atoms with van der Waals surface area (Å²) < 4.78 is 13.1. The lowest BCUT2D eigenvalue weighted by molar-refractivity contribution is -0.119. The number of β-amino-alcohol motifs (C(OH)–C–C–N with tert-alkyl or cyclic N) is 1. The van der Waals surface area contributed by atoms with Gasteiger partial charge in [0.2, 0.25) is 5.91 Å². The number of hydrogen-bond acceptors (Lipinski definition) is 4. The van der Waals surface area contributed by atoms with E-state index in [1.807, 2.05) is 13.8 Å². The molecule has 2 rings (SSSR count). The fraction of sp³-hybridized carbons (Fsp3) is 0.600. The molecule has 1 aromatic heterocycles. The molecule has 1 aromatic rings. The number of nitrogens with zero attached hydrogens (tertiary/aromatic N) is 1. The Morgan fingerprint density at radius 1 is 1.48 bits per heavy atom. The zero-order chi connectivity index (χ0) is 15.5. The summed E-state index contributed by atoms with van der Waals surface area (Å²) in [6.07, 6.45) is 3.15. The van der Waals surface area contributed by atoms with E-state index < -0.39 is 11.9 Å². The number of nitrogens with one attached hydrogen (secondary N) is 2. The average Bonchev–Trinajstić information content (AvgIpc) is 2.80. The van der Waals surface area contributed by atoms with Crippen LogP contribution in [0.3, 0.4) is 0 Å². The predicted molar refractivity (Wildman–Crippen MR) is 91.5 cm³/mol. The maximum atomic E-state index is 13.1. The molecule has 1 aliphatic rings. The number of pyridine rings is 1. The van der Waals surface area contributed by atoms with E-state index in [2.05, 4.69) is 15.6 Å². The molecule has 0 saturated carbocycles. The minimum atomic E-state index is -0.809. The van der Waals surface area contributed by atoms with Gasteiger partial charge in [-0.3, -0.25) is 9.78 Å². The molecule has 1 fully saturated rings. The highest BCUT2D eigenvalue weighted by Gasteiger charge is 2.29. The summed E-state index contributed by atoms with van der Waals surface area (Å²) in [6.45, 7) is 5.09. The lowest BCUT2D eigenvalue weighted by Gasteiger charge is -2.30. The molecule has 0 radical (unpaired) electrons. The van der Waals surface area contributed by atoms with E-state index in [-0.39, 0.29) is 36.3 Å². The van der Waals surface area contributed by atoms with Gasteiger partial charge in [0.25, 0.3) is 0 Å². The van der Waals surface area contributed by atoms with Crippen molar-refractivity contribution in [3.63, 3.8) is 0 Å². The van der Waals surface area contributed by atoms with Gasteiger partial charge in [-0.25, -0.2) is 4.39 Å². The first-order valence-electron chi connectivity index (χ1n) is 7.16. The zero-order valence-corrected chi connectivity index (χ0v) is 14.8. The highest BCUT2D eigenvalue weighted by Crippen LogP contribution is 2.22. The highest BCUT2D eigenvalue weighted by atomic mass is 35.5. The van der Waals surface area contributed by atoms with Gasteiger partial charge in [-0.2, -0.15) is 0 Å². The lowest BCUT2D eigenvalue weighted by atomic mass is 9.89. The highest BCUT2D eigenvalue weighted by molar-refractivity contribution is 5.85. The molecule has 2 atom stereocenters. The summed E-state index contributed by atoms with van der Waals surface area (Å²) in [6, 6.07) is 1.28. The third-order valence-electron chi connectivity index (χ3n) is 3.75. The minimum Gasteiger partial charge on any atom is -0.387 e. The van der Waals surface area contributed by atoms with Crippen molar-refractivity contribution in [2.45, 2.75) is 38.3 Å². The third kappa shape index (κ3) is 6.99. The number of aliphatic hydroxyl groups excluding tert-OH is 1. The number of carbonyl (C=O) groups is 1. The lowest BCUT2D eigenvalue weighted by Crippen LogP contribution is -2.43. The van der Waals surface area contributed by atoms with Gasteiger partial charge < -0.3 is 15.7 Å². The van der Waals surface area contributed by atoms with E-state index in [0.29, 0.717) is 31.0 Å². The second-order valence-electron chi connectivity index (χ2n) is 6.30. The summed E-state index contributed by atoms with van der Waals surface area (Å²) >= 11 is 0. The van der Waals surface area contributed by atoms with E-state index in [1.54, 1.807) is 0 Å². The van der Waals surface area contributed by atoms with Crippen LogP contribution in [0.5, 0.6) is 0 Å². The summed E-state index contributed by atoms with van der Waals surface area (Å²) in [7, 11) is 0. The van der Waals surface area contributed by atoms with Crippen LogP contribution >= 0.6 is 24.8 Å². The Morgan fingerprint density at radius 2 is 2.17 bits per heavy atom. The summed E-state index contributed by atoms with van der Waals surface area (Å²) in [5.41, 5.74) is 0.245. The Labute approximate surface area is 148 Å². The average molecular weight is 368 g/mol. The van der Waals surface area contributed by atoms with Gasteiger partial charge in [0, 0.05) is 36.8 Å². The molecular weight excluding hydrogens is 344 g/mol. The van der Waals surface area contributed by atoms with Gasteiger partial charge in [0.05, 0.1) is 12.3 Å². The van der Waals surface area contributed by atoms with Gasteiger partial charge in [-0.1, -0.05) is 0 Å². The van der Waals surface area contributed by atoms with Crippen LogP contribution in [-0.2, 0) is 4.79 Å². The van der Waals surface area contributed by atoms with Gasteiger partial charge in [0.15, 0.2) is 0 Å². The van der Waals surface area contributed by atoms with Crippen molar-refractivity contribution in [2.24, 2.45) is 5.92 Å². The first kappa shape index (κ1) is 22.1. The maximum absolute atomic E-state index is 13.1. The molecule has 1 amide bonds. The van der Waals surface area contributed by atoms with Crippen LogP contribution in [0.4, 0.5) is 4.39 Å². The Bertz CT molecular complexity index is 517. The Balaban J connectivity index is 0.00000242. The summed E-state index contributed by atoms with van der Waals surface area (Å²) in [5.74, 6) is -0.0454. The molecule has 2 heterocycles. The number of aromatic nitrogens is 1. The van der Waals surface area contributed by atoms with E-state index in [9.17, 15) is 14.3 Å². The van der Waals surface area contributed by atoms with Crippen LogP contribution in [0.25, 0.3) is 0 Å². The van der Waals surface area contributed by atoms with E-state index >= 15 is 0 Å². The van der Waals surface area contributed by atoms with Crippen molar-refractivity contribution >= 4 is 30.7 Å². The summed E-state index contributed by atoms with van der Waals surface area (Å²) in [5, 5.41) is 16.2. The fourth-order valence-electron chi connectivity index (χ4n) is 2.70. The van der Waals surface area contributed by atoms with Crippen LogP contribution in [0.2, 0.25) is 0 Å². The monoisotopic (exact) mass is 367 g/mol. The van der Waals surface area contributed by atoms with Gasteiger partial charge >= 0.3 is 0 Å². The van der Waals surface area contributed by atoms with Crippen LogP contribution in [-0.4, -0.2) is 34.6 Å². The normalized spacial score (nSPS) is 18.6. The van der Waals surface area contributed by atoms with Gasteiger partial charge in [0.1, 0.15) is 5.82 Å². The van der Waals surface area contributed by atoms with Crippen molar-refractivity contribution in [1.82, 2.24) is 15.6 Å². The molecule has 0 bridgehead atoms. The first-order chi connectivity index (χ1) is 9.85. The van der Waals surface area contributed by atoms with Crippen molar-refractivity contribution in [3.8, 4) is 0 Å². The molecule has 8 heteroatoms. The number of hydrogen-bond donors (Lipinski definition) is 3. The molecule has 5 nitrogen and oxygen atoms in total. The van der Waals surface area contributed by atoms with E-state index in [1.165, 1.54) is 12.3 Å². The second-order valence-corrected chi connectivity index (χ2v) is 6.30. The topological polar surface area (TPSA) is 74.2 Å². The third-order valence-corrected chi connectivity index (χ3v) is 3.75.